The number of ether oxygens (including phenoxy) is 1. The van der Waals surface area contributed by atoms with Gasteiger partial charge in [0, 0.05) is 31.3 Å². The van der Waals surface area contributed by atoms with Crippen molar-refractivity contribution in [3.05, 3.63) is 28.7 Å². The molecule has 0 aromatic carbocycles. The fourth-order valence-electron chi connectivity index (χ4n) is 3.27. The van der Waals surface area contributed by atoms with E-state index in [1.165, 1.54) is 7.11 Å². The highest BCUT2D eigenvalue weighted by Gasteiger charge is 2.29. The van der Waals surface area contributed by atoms with E-state index in [0.717, 1.165) is 0 Å². The van der Waals surface area contributed by atoms with Gasteiger partial charge < -0.3 is 18.6 Å². The van der Waals surface area contributed by atoms with Crippen LogP contribution in [0.5, 0.6) is 0 Å². The number of methoxy groups -OCH3 is 1. The number of carbonyl (C=O) groups is 1. The molecule has 3 heterocycles. The van der Waals surface area contributed by atoms with Crippen molar-refractivity contribution in [3.63, 3.8) is 0 Å². The maximum Gasteiger partial charge on any atom is 0.308 e. The highest BCUT2D eigenvalue weighted by molar-refractivity contribution is 7.78. The number of hydrogen-bond donors (Lipinski definition) is 1. The summed E-state index contributed by atoms with van der Waals surface area (Å²) in [6.07, 6.45) is 5.14. The number of piperidine rings is 1. The van der Waals surface area contributed by atoms with E-state index < -0.39 is 11.1 Å². The molecule has 0 aliphatic carbocycles. The third-order valence-electron chi connectivity index (χ3n) is 4.83. The minimum absolute atomic E-state index is 0.136. The first-order valence-electron chi connectivity index (χ1n) is 8.97. The Balaban J connectivity index is 1.91. The van der Waals surface area contributed by atoms with Crippen LogP contribution < -0.4 is 4.90 Å². The number of carbonyl (C=O) groups excluding carboxylic acids is 1. The van der Waals surface area contributed by atoms with Crippen molar-refractivity contribution >= 4 is 34.5 Å². The molecule has 0 spiro atoms. The van der Waals surface area contributed by atoms with E-state index in [4.69, 9.17) is 20.8 Å². The maximum absolute atomic E-state index is 11.7. The van der Waals surface area contributed by atoms with Crippen molar-refractivity contribution in [1.82, 2.24) is 9.97 Å². The molecule has 2 aromatic rings. The normalized spacial score (nSPS) is 16.2. The van der Waals surface area contributed by atoms with Crippen LogP contribution in [-0.4, -0.2) is 44.9 Å². The van der Waals surface area contributed by atoms with E-state index in [2.05, 4.69) is 9.97 Å². The second-order valence-corrected chi connectivity index (χ2v) is 7.83. The summed E-state index contributed by atoms with van der Waals surface area (Å²) in [5, 5.41) is 0.299. The van der Waals surface area contributed by atoms with E-state index >= 15 is 0 Å². The Morgan fingerprint density at radius 2 is 2.11 bits per heavy atom. The highest BCUT2D eigenvalue weighted by Crippen LogP contribution is 2.36. The monoisotopic (exact) mass is 427 g/mol. The van der Waals surface area contributed by atoms with Gasteiger partial charge in [0.1, 0.15) is 11.6 Å². The van der Waals surface area contributed by atoms with Crippen LogP contribution in [0.4, 0.5) is 5.82 Å². The molecule has 28 heavy (non-hydrogen) atoms. The summed E-state index contributed by atoms with van der Waals surface area (Å²) >= 11 is 4.50. The van der Waals surface area contributed by atoms with Crippen LogP contribution in [0, 0.1) is 5.92 Å². The summed E-state index contributed by atoms with van der Waals surface area (Å²) in [6, 6.07) is 0. The molecular weight excluding hydrogens is 406 g/mol. The lowest BCUT2D eigenvalue weighted by Crippen LogP contribution is -2.37. The summed E-state index contributed by atoms with van der Waals surface area (Å²) in [7, 11) is 1.39. The minimum atomic E-state index is -2.09. The quantitative estimate of drug-likeness (QED) is 0.553. The number of pyridine rings is 1. The Hall–Kier alpha value is -1.97. The second-order valence-electron chi connectivity index (χ2n) is 6.52. The van der Waals surface area contributed by atoms with Crippen molar-refractivity contribution in [1.29, 1.82) is 0 Å². The summed E-state index contributed by atoms with van der Waals surface area (Å²) in [5.74, 6) is 1.05. The van der Waals surface area contributed by atoms with Crippen LogP contribution in [-0.2, 0) is 32.8 Å². The Morgan fingerprint density at radius 3 is 2.68 bits per heavy atom. The molecule has 2 aromatic heterocycles. The smallest absolute Gasteiger partial charge is 0.308 e. The number of aryl methyl sites for hydroxylation is 1. The number of rotatable bonds is 6. The molecule has 3 rings (SSSR count). The predicted molar refractivity (Wildman–Crippen MR) is 106 cm³/mol. The zero-order valence-electron chi connectivity index (χ0n) is 15.7. The van der Waals surface area contributed by atoms with Gasteiger partial charge in [0.25, 0.3) is 0 Å². The minimum Gasteiger partial charge on any atom is -0.469 e. The van der Waals surface area contributed by atoms with Crippen molar-refractivity contribution in [2.75, 3.05) is 25.1 Å². The zero-order chi connectivity index (χ0) is 20.3. The molecule has 1 aliphatic heterocycles. The first kappa shape index (κ1) is 20.8. The predicted octanol–water partition coefficient (Wildman–Crippen LogP) is 3.06. The average Bonchev–Trinajstić information content (AvgIpc) is 3.18. The average molecular weight is 428 g/mol. The fraction of sp³-hybridized carbons (Fsp3) is 0.500. The fourth-order valence-corrected chi connectivity index (χ4v) is 4.23. The number of oxazole rings is 1. The molecule has 0 bridgehead atoms. The van der Waals surface area contributed by atoms with Crippen molar-refractivity contribution in [2.24, 2.45) is 5.92 Å². The first-order valence-corrected chi connectivity index (χ1v) is 10.6. The summed E-state index contributed by atoms with van der Waals surface area (Å²) in [4.78, 5) is 22.4. The molecular formula is C18H22ClN3O5S. The lowest BCUT2D eigenvalue weighted by atomic mass is 9.97. The van der Waals surface area contributed by atoms with Gasteiger partial charge in [-0.05, 0) is 12.8 Å². The summed E-state index contributed by atoms with van der Waals surface area (Å²) in [6.45, 7) is 3.12. The van der Waals surface area contributed by atoms with Crippen molar-refractivity contribution in [2.45, 2.75) is 31.9 Å². The second kappa shape index (κ2) is 9.02. The number of anilines is 1. The molecule has 0 saturated carbocycles. The number of hydrogen-bond acceptors (Lipinski definition) is 7. The van der Waals surface area contributed by atoms with Gasteiger partial charge in [-0.15, -0.1) is 0 Å². The van der Waals surface area contributed by atoms with Crippen LogP contribution in [0.1, 0.15) is 31.1 Å². The van der Waals surface area contributed by atoms with Crippen LogP contribution >= 0.6 is 11.6 Å². The third-order valence-corrected chi connectivity index (χ3v) is 5.76. The number of nitrogens with zero attached hydrogens (tertiary/aromatic N) is 3. The largest absolute Gasteiger partial charge is 0.469 e. The van der Waals surface area contributed by atoms with Gasteiger partial charge in [-0.1, -0.05) is 18.5 Å². The van der Waals surface area contributed by atoms with E-state index in [9.17, 15) is 13.6 Å². The Kier molecular flexibility index (Phi) is 6.69. The molecule has 1 saturated heterocycles. The lowest BCUT2D eigenvalue weighted by molar-refractivity contribution is -0.146. The molecule has 1 aliphatic rings. The third kappa shape index (κ3) is 4.37. The SMILES string of the molecule is CCc1cnc(-c2cnc(N3CCC(C(=O)OC)CC3)c(Cl)c2CS(=O)O)o1. The van der Waals surface area contributed by atoms with Gasteiger partial charge in [-0.25, -0.2) is 14.2 Å². The molecule has 1 atom stereocenters. The molecule has 1 unspecified atom stereocenters. The topological polar surface area (TPSA) is 106 Å². The molecule has 8 nitrogen and oxygen atoms in total. The Morgan fingerprint density at radius 1 is 1.39 bits per heavy atom. The van der Waals surface area contributed by atoms with Gasteiger partial charge in [0.05, 0.1) is 35.6 Å². The maximum atomic E-state index is 11.7. The van der Waals surface area contributed by atoms with Gasteiger partial charge in [0.15, 0.2) is 11.1 Å². The summed E-state index contributed by atoms with van der Waals surface area (Å²) < 4.78 is 31.5. The number of halogens is 1. The van der Waals surface area contributed by atoms with Gasteiger partial charge in [0.2, 0.25) is 5.89 Å². The van der Waals surface area contributed by atoms with E-state index in [1.54, 1.807) is 12.4 Å². The highest BCUT2D eigenvalue weighted by atomic mass is 35.5. The molecule has 0 radical (unpaired) electrons. The number of esters is 1. The molecule has 10 heteroatoms. The molecule has 152 valence electrons. The zero-order valence-corrected chi connectivity index (χ0v) is 17.3. The van der Waals surface area contributed by atoms with E-state index in [1.807, 2.05) is 11.8 Å². The van der Waals surface area contributed by atoms with E-state index in [0.29, 0.717) is 66.0 Å². The molecule has 1 fully saturated rings. The summed E-state index contributed by atoms with van der Waals surface area (Å²) in [5.41, 5.74) is 0.965. The van der Waals surface area contributed by atoms with Crippen LogP contribution in [0.3, 0.4) is 0 Å². The first-order chi connectivity index (χ1) is 13.4. The molecule has 1 N–H and O–H groups in total. The van der Waals surface area contributed by atoms with E-state index in [-0.39, 0.29) is 17.6 Å². The number of aromatic nitrogens is 2. The van der Waals surface area contributed by atoms with Crippen LogP contribution in [0.15, 0.2) is 16.8 Å². The van der Waals surface area contributed by atoms with Gasteiger partial charge >= 0.3 is 5.97 Å². The van der Waals surface area contributed by atoms with Crippen molar-refractivity contribution in [3.8, 4) is 11.5 Å². The lowest BCUT2D eigenvalue weighted by Gasteiger charge is -2.32. The van der Waals surface area contributed by atoms with Gasteiger partial charge in [-0.2, -0.15) is 0 Å². The van der Waals surface area contributed by atoms with Crippen molar-refractivity contribution < 1.29 is 22.7 Å². The Bertz CT molecular complexity index is 880. The van der Waals surface area contributed by atoms with Gasteiger partial charge in [-0.3, -0.25) is 4.79 Å². The molecule has 0 amide bonds. The van der Waals surface area contributed by atoms with Crippen LogP contribution in [0.25, 0.3) is 11.5 Å². The standard InChI is InChI=1S/C18H22ClN3O5S/c1-3-12-8-21-17(27-12)13-9-20-16(15(19)14(13)10-28(24)25)22-6-4-11(5-7-22)18(23)26-2/h8-9,11H,3-7,10H2,1-2H3,(H,24,25). The Labute approximate surface area is 170 Å². The van der Waals surface area contributed by atoms with Crippen LogP contribution in [0.2, 0.25) is 5.02 Å².